The first-order valence-corrected chi connectivity index (χ1v) is 11.5. The van der Waals surface area contributed by atoms with Crippen LogP contribution in [-0.2, 0) is 16.4 Å². The summed E-state index contributed by atoms with van der Waals surface area (Å²) in [6, 6.07) is 18.8. The van der Waals surface area contributed by atoms with E-state index < -0.39 is 9.84 Å². The van der Waals surface area contributed by atoms with Gasteiger partial charge in [-0.3, -0.25) is 9.69 Å². The summed E-state index contributed by atoms with van der Waals surface area (Å²) < 4.78 is 30.9. The molecular weight excluding hydrogens is 424 g/mol. The SMILES string of the molecule is O=C(c1ccc(S(=O)(=O)c2ccc(Cl)cc2)o1)N1CCN(Cc2ccccc2)CC1. The Kier molecular flexibility index (Phi) is 5.94. The lowest BCUT2D eigenvalue weighted by atomic mass is 10.2. The van der Waals surface area contributed by atoms with Gasteiger partial charge in [0.25, 0.3) is 5.91 Å². The summed E-state index contributed by atoms with van der Waals surface area (Å²) in [5.74, 6) is -0.272. The first kappa shape index (κ1) is 20.7. The fourth-order valence-electron chi connectivity index (χ4n) is 3.42. The van der Waals surface area contributed by atoms with Crippen molar-refractivity contribution >= 4 is 27.3 Å². The second-order valence-electron chi connectivity index (χ2n) is 7.13. The van der Waals surface area contributed by atoms with Gasteiger partial charge < -0.3 is 9.32 Å². The summed E-state index contributed by atoms with van der Waals surface area (Å²) in [5.41, 5.74) is 1.24. The van der Waals surface area contributed by atoms with Crippen molar-refractivity contribution in [3.05, 3.63) is 83.1 Å². The Morgan fingerprint density at radius 3 is 2.23 bits per heavy atom. The summed E-state index contributed by atoms with van der Waals surface area (Å²) in [6.07, 6.45) is 0. The molecule has 3 aromatic rings. The van der Waals surface area contributed by atoms with Crippen LogP contribution in [0.2, 0.25) is 5.02 Å². The van der Waals surface area contributed by atoms with E-state index in [-0.39, 0.29) is 21.7 Å². The van der Waals surface area contributed by atoms with Gasteiger partial charge in [0.15, 0.2) is 5.76 Å². The number of halogens is 1. The number of piperazine rings is 1. The molecule has 1 fully saturated rings. The number of benzene rings is 2. The van der Waals surface area contributed by atoms with E-state index in [1.165, 1.54) is 42.0 Å². The van der Waals surface area contributed by atoms with Gasteiger partial charge in [0, 0.05) is 37.7 Å². The van der Waals surface area contributed by atoms with Gasteiger partial charge in [-0.15, -0.1) is 0 Å². The van der Waals surface area contributed by atoms with E-state index >= 15 is 0 Å². The molecule has 0 saturated carbocycles. The van der Waals surface area contributed by atoms with Crippen molar-refractivity contribution < 1.29 is 17.6 Å². The van der Waals surface area contributed by atoms with Crippen molar-refractivity contribution in [3.63, 3.8) is 0 Å². The zero-order chi connectivity index (χ0) is 21.1. The highest BCUT2D eigenvalue weighted by molar-refractivity contribution is 7.91. The summed E-state index contributed by atoms with van der Waals surface area (Å²) >= 11 is 5.82. The molecule has 1 amide bonds. The van der Waals surface area contributed by atoms with Crippen molar-refractivity contribution in [1.29, 1.82) is 0 Å². The molecule has 0 atom stereocenters. The van der Waals surface area contributed by atoms with E-state index in [2.05, 4.69) is 17.0 Å². The van der Waals surface area contributed by atoms with Crippen molar-refractivity contribution in [2.75, 3.05) is 26.2 Å². The maximum Gasteiger partial charge on any atom is 0.289 e. The maximum atomic E-state index is 12.8. The number of sulfone groups is 1. The van der Waals surface area contributed by atoms with Gasteiger partial charge >= 0.3 is 0 Å². The van der Waals surface area contributed by atoms with E-state index in [1.807, 2.05) is 18.2 Å². The molecule has 0 aliphatic carbocycles. The van der Waals surface area contributed by atoms with Crippen LogP contribution in [0, 0.1) is 0 Å². The molecule has 0 spiro atoms. The van der Waals surface area contributed by atoms with Gasteiger partial charge in [-0.1, -0.05) is 41.9 Å². The Morgan fingerprint density at radius 1 is 0.900 bits per heavy atom. The normalized spacial score (nSPS) is 15.3. The molecule has 8 heteroatoms. The Balaban J connectivity index is 1.40. The highest BCUT2D eigenvalue weighted by Crippen LogP contribution is 2.25. The Hall–Kier alpha value is -2.61. The van der Waals surface area contributed by atoms with Crippen LogP contribution < -0.4 is 0 Å². The van der Waals surface area contributed by atoms with Crippen molar-refractivity contribution in [1.82, 2.24) is 9.80 Å². The highest BCUT2D eigenvalue weighted by atomic mass is 35.5. The standard InChI is InChI=1S/C22H21ClN2O4S/c23-18-6-8-19(9-7-18)30(27,28)21-11-10-20(29-21)22(26)25-14-12-24(13-15-25)16-17-4-2-1-3-5-17/h1-11H,12-16H2. The lowest BCUT2D eigenvalue weighted by Gasteiger charge is -2.34. The molecule has 1 aromatic heterocycles. The molecule has 1 aliphatic rings. The first-order valence-electron chi connectivity index (χ1n) is 9.59. The average Bonchev–Trinajstić information content (AvgIpc) is 3.26. The van der Waals surface area contributed by atoms with Crippen molar-refractivity contribution in [2.45, 2.75) is 16.5 Å². The molecule has 30 heavy (non-hydrogen) atoms. The number of carbonyl (C=O) groups is 1. The largest absolute Gasteiger partial charge is 0.439 e. The van der Waals surface area contributed by atoms with Gasteiger partial charge in [-0.25, -0.2) is 8.42 Å². The van der Waals surface area contributed by atoms with E-state index in [1.54, 1.807) is 4.90 Å². The Bertz CT molecular complexity index is 1120. The molecule has 4 rings (SSSR count). The molecule has 2 aromatic carbocycles. The molecule has 1 aliphatic heterocycles. The molecule has 1 saturated heterocycles. The number of hydrogen-bond acceptors (Lipinski definition) is 5. The number of furan rings is 1. The quantitative estimate of drug-likeness (QED) is 0.599. The van der Waals surface area contributed by atoms with Crippen LogP contribution in [0.15, 0.2) is 81.1 Å². The van der Waals surface area contributed by atoms with E-state index in [0.717, 1.165) is 19.6 Å². The number of rotatable bonds is 5. The van der Waals surface area contributed by atoms with Crippen molar-refractivity contribution in [3.8, 4) is 0 Å². The predicted octanol–water partition coefficient (Wildman–Crippen LogP) is 3.72. The van der Waals surface area contributed by atoms with Crippen LogP contribution in [0.5, 0.6) is 0 Å². The minimum atomic E-state index is -3.85. The molecule has 0 unspecified atom stereocenters. The van der Waals surface area contributed by atoms with Gasteiger partial charge in [0.1, 0.15) is 0 Å². The molecule has 0 bridgehead atoms. The van der Waals surface area contributed by atoms with Crippen LogP contribution in [0.1, 0.15) is 16.1 Å². The van der Waals surface area contributed by atoms with Crippen LogP contribution in [0.4, 0.5) is 0 Å². The van der Waals surface area contributed by atoms with E-state index in [0.29, 0.717) is 18.1 Å². The third-order valence-corrected chi connectivity index (χ3v) is 6.98. The highest BCUT2D eigenvalue weighted by Gasteiger charge is 2.27. The van der Waals surface area contributed by atoms with Gasteiger partial charge in [-0.05, 0) is 42.0 Å². The van der Waals surface area contributed by atoms with Crippen LogP contribution in [0.3, 0.4) is 0 Å². The van der Waals surface area contributed by atoms with Crippen molar-refractivity contribution in [2.24, 2.45) is 0 Å². The Labute approximate surface area is 180 Å². The first-order chi connectivity index (χ1) is 14.4. The topological polar surface area (TPSA) is 70.8 Å². The fourth-order valence-corrected chi connectivity index (χ4v) is 4.72. The molecular formula is C22H21ClN2O4S. The zero-order valence-electron chi connectivity index (χ0n) is 16.2. The third-order valence-electron chi connectivity index (χ3n) is 5.09. The molecule has 156 valence electrons. The lowest BCUT2D eigenvalue weighted by molar-refractivity contribution is 0.0592. The molecule has 2 heterocycles. The second kappa shape index (κ2) is 8.63. The smallest absolute Gasteiger partial charge is 0.289 e. The second-order valence-corrected chi connectivity index (χ2v) is 9.45. The van der Waals surface area contributed by atoms with E-state index in [4.69, 9.17) is 16.0 Å². The predicted molar refractivity (Wildman–Crippen MR) is 113 cm³/mol. The zero-order valence-corrected chi connectivity index (χ0v) is 17.8. The Morgan fingerprint density at radius 2 is 1.57 bits per heavy atom. The molecule has 0 radical (unpaired) electrons. The molecule has 6 nitrogen and oxygen atoms in total. The summed E-state index contributed by atoms with van der Waals surface area (Å²) in [7, 11) is -3.85. The number of hydrogen-bond donors (Lipinski definition) is 0. The van der Waals surface area contributed by atoms with Gasteiger partial charge in [0.2, 0.25) is 14.9 Å². The van der Waals surface area contributed by atoms with Crippen LogP contribution in [0.25, 0.3) is 0 Å². The van der Waals surface area contributed by atoms with Gasteiger partial charge in [-0.2, -0.15) is 0 Å². The number of carbonyl (C=O) groups excluding carboxylic acids is 1. The summed E-state index contributed by atoms with van der Waals surface area (Å²) in [4.78, 5) is 16.8. The molecule has 0 N–H and O–H groups in total. The fraction of sp³-hybridized carbons (Fsp3) is 0.227. The van der Waals surface area contributed by atoms with Crippen LogP contribution >= 0.6 is 11.6 Å². The third kappa shape index (κ3) is 4.43. The maximum absolute atomic E-state index is 12.8. The summed E-state index contributed by atoms with van der Waals surface area (Å²) in [6.45, 7) is 3.46. The van der Waals surface area contributed by atoms with Crippen LogP contribution in [-0.4, -0.2) is 50.3 Å². The number of amides is 1. The van der Waals surface area contributed by atoms with E-state index in [9.17, 15) is 13.2 Å². The lowest BCUT2D eigenvalue weighted by Crippen LogP contribution is -2.48. The average molecular weight is 445 g/mol. The van der Waals surface area contributed by atoms with Gasteiger partial charge in [0.05, 0.1) is 4.90 Å². The minimum Gasteiger partial charge on any atom is -0.439 e. The summed E-state index contributed by atoms with van der Waals surface area (Å²) in [5, 5.41) is 0.187. The monoisotopic (exact) mass is 444 g/mol. The minimum absolute atomic E-state index is 0.0269. The number of nitrogens with zero attached hydrogens (tertiary/aromatic N) is 2.